The molecule has 0 bridgehead atoms. The van der Waals surface area contributed by atoms with E-state index >= 15 is 0 Å². The van der Waals surface area contributed by atoms with Gasteiger partial charge in [-0.05, 0) is 101 Å². The van der Waals surface area contributed by atoms with Gasteiger partial charge in [0.25, 0.3) is 0 Å². The predicted molar refractivity (Wildman–Crippen MR) is 262 cm³/mol. The van der Waals surface area contributed by atoms with Crippen LogP contribution in [0.5, 0.6) is 0 Å². The molecule has 0 fully saturated rings. The highest BCUT2D eigenvalue weighted by Gasteiger charge is 2.47. The Morgan fingerprint density at radius 1 is 0.290 bits per heavy atom. The van der Waals surface area contributed by atoms with E-state index in [4.69, 9.17) is 0 Å². The molecule has 11 aromatic carbocycles. The van der Waals surface area contributed by atoms with Crippen LogP contribution in [0.4, 0.5) is 17.1 Å². The molecule has 12 rings (SSSR count). The van der Waals surface area contributed by atoms with Gasteiger partial charge < -0.3 is 4.90 Å². The number of nitrogens with zero attached hydrogens (tertiary/aromatic N) is 1. The van der Waals surface area contributed by atoms with Crippen LogP contribution in [-0.2, 0) is 5.41 Å². The molecule has 0 aliphatic heterocycles. The molecule has 0 N–H and O–H groups in total. The van der Waals surface area contributed by atoms with Crippen LogP contribution in [0.3, 0.4) is 0 Å². The minimum absolute atomic E-state index is 0.526. The molecule has 0 amide bonds. The Kier molecular flexibility index (Phi) is 8.47. The topological polar surface area (TPSA) is 3.24 Å². The monoisotopic (exact) mass is 787 g/mol. The summed E-state index contributed by atoms with van der Waals surface area (Å²) in [5.41, 5.74) is 15.3. The summed E-state index contributed by atoms with van der Waals surface area (Å²) in [6, 6.07) is 91.7. The van der Waals surface area contributed by atoms with Crippen molar-refractivity contribution < 1.29 is 0 Å². The zero-order valence-corrected chi connectivity index (χ0v) is 34.1. The second-order valence-electron chi connectivity index (χ2n) is 16.3. The Labute approximate surface area is 362 Å². The Morgan fingerprint density at radius 2 is 0.774 bits per heavy atom. The lowest BCUT2D eigenvalue weighted by Crippen LogP contribution is -2.28. The molecule has 1 heteroatoms. The Balaban J connectivity index is 1.22. The fourth-order valence-electron chi connectivity index (χ4n) is 10.6. The quantitative estimate of drug-likeness (QED) is 0.145. The normalized spacial score (nSPS) is 12.6. The van der Waals surface area contributed by atoms with Gasteiger partial charge in [-0.2, -0.15) is 0 Å². The zero-order valence-electron chi connectivity index (χ0n) is 34.1. The van der Waals surface area contributed by atoms with Gasteiger partial charge >= 0.3 is 0 Å². The fourth-order valence-corrected chi connectivity index (χ4v) is 10.6. The van der Waals surface area contributed by atoms with E-state index in [1.54, 1.807) is 0 Å². The van der Waals surface area contributed by atoms with Crippen molar-refractivity contribution in [1.82, 2.24) is 0 Å². The maximum absolute atomic E-state index is 2.54. The number of rotatable bonds is 7. The van der Waals surface area contributed by atoms with Gasteiger partial charge in [-0.25, -0.2) is 0 Å². The summed E-state index contributed by atoms with van der Waals surface area (Å²) in [4.78, 5) is 2.54. The summed E-state index contributed by atoms with van der Waals surface area (Å²) in [5.74, 6) is 0. The van der Waals surface area contributed by atoms with Crippen LogP contribution in [0.2, 0.25) is 0 Å². The van der Waals surface area contributed by atoms with Crippen molar-refractivity contribution in [3.8, 4) is 33.4 Å². The van der Waals surface area contributed by atoms with Gasteiger partial charge in [-0.1, -0.05) is 224 Å². The number of hydrogen-bond acceptors (Lipinski definition) is 1. The molecular weight excluding hydrogens is 747 g/mol. The number of benzene rings is 11. The highest BCUT2D eigenvalue weighted by molar-refractivity contribution is 6.22. The van der Waals surface area contributed by atoms with Crippen LogP contribution in [0.15, 0.2) is 249 Å². The van der Waals surface area contributed by atoms with Gasteiger partial charge in [-0.15, -0.1) is 0 Å². The number of anilines is 3. The van der Waals surface area contributed by atoms with Crippen molar-refractivity contribution in [3.05, 3.63) is 271 Å². The molecule has 290 valence electrons. The van der Waals surface area contributed by atoms with Crippen LogP contribution < -0.4 is 4.90 Å². The molecule has 1 aliphatic carbocycles. The van der Waals surface area contributed by atoms with Crippen molar-refractivity contribution in [2.24, 2.45) is 0 Å². The van der Waals surface area contributed by atoms with E-state index in [1.165, 1.54) is 88.0 Å². The molecule has 0 aromatic heterocycles. The highest BCUT2D eigenvalue weighted by atomic mass is 15.1. The van der Waals surface area contributed by atoms with E-state index in [-0.39, 0.29) is 0 Å². The summed E-state index contributed by atoms with van der Waals surface area (Å²) < 4.78 is 0. The van der Waals surface area contributed by atoms with Gasteiger partial charge in [0.05, 0.1) is 16.8 Å². The van der Waals surface area contributed by atoms with Gasteiger partial charge in [-0.3, -0.25) is 0 Å². The largest absolute Gasteiger partial charge is 0.309 e. The maximum Gasteiger partial charge on any atom is 0.0714 e. The minimum Gasteiger partial charge on any atom is -0.309 e. The Morgan fingerprint density at radius 3 is 1.47 bits per heavy atom. The third kappa shape index (κ3) is 5.42. The Bertz CT molecular complexity index is 3400. The molecule has 0 atom stereocenters. The molecule has 0 unspecified atom stereocenters. The van der Waals surface area contributed by atoms with E-state index in [0.29, 0.717) is 0 Å². The first-order chi connectivity index (χ1) is 30.8. The number of fused-ring (bicyclic) bond motifs is 7. The average Bonchev–Trinajstić information content (AvgIpc) is 3.66. The summed E-state index contributed by atoms with van der Waals surface area (Å²) in [6.45, 7) is 0. The zero-order chi connectivity index (χ0) is 41.0. The van der Waals surface area contributed by atoms with Crippen molar-refractivity contribution in [1.29, 1.82) is 0 Å². The second-order valence-corrected chi connectivity index (χ2v) is 16.3. The summed E-state index contributed by atoms with van der Waals surface area (Å²) >= 11 is 0. The van der Waals surface area contributed by atoms with Gasteiger partial charge in [0.1, 0.15) is 0 Å². The lowest BCUT2D eigenvalue weighted by molar-refractivity contribution is 0.768. The van der Waals surface area contributed by atoms with Crippen LogP contribution in [-0.4, -0.2) is 0 Å². The minimum atomic E-state index is -0.526. The highest BCUT2D eigenvalue weighted by Crippen LogP contribution is 2.60. The predicted octanol–water partition coefficient (Wildman–Crippen LogP) is 16.3. The van der Waals surface area contributed by atoms with Crippen molar-refractivity contribution in [3.63, 3.8) is 0 Å². The standard InChI is InChI=1S/C61H41N/c1-5-22-43(23-6-1)58-51-33-16-15-32-49(51)50-40-39-47(41-53(50)59(58)44-24-7-2-8-25-44)62(56-37-19-26-42-21-13-14-31-48(42)56)57-38-20-36-55-60(57)52-34-17-18-35-54(52)61(55,45-27-9-3-10-28-45)46-29-11-4-12-30-46/h1-41H. The van der Waals surface area contributed by atoms with Crippen molar-refractivity contribution in [2.75, 3.05) is 4.90 Å². The first-order valence-corrected chi connectivity index (χ1v) is 21.5. The third-order valence-electron chi connectivity index (χ3n) is 13.1. The summed E-state index contributed by atoms with van der Waals surface area (Å²) in [6.07, 6.45) is 0. The molecule has 0 spiro atoms. The summed E-state index contributed by atoms with van der Waals surface area (Å²) in [5, 5.41) is 7.34. The molecule has 0 radical (unpaired) electrons. The van der Waals surface area contributed by atoms with Crippen LogP contribution in [0.25, 0.3) is 65.7 Å². The van der Waals surface area contributed by atoms with E-state index in [0.717, 1.165) is 17.1 Å². The molecular formula is C61H41N. The average molecular weight is 788 g/mol. The third-order valence-corrected chi connectivity index (χ3v) is 13.1. The maximum atomic E-state index is 2.54. The van der Waals surface area contributed by atoms with E-state index in [1.807, 2.05) is 0 Å². The first-order valence-electron chi connectivity index (χ1n) is 21.5. The summed E-state index contributed by atoms with van der Waals surface area (Å²) in [7, 11) is 0. The number of hydrogen-bond donors (Lipinski definition) is 0. The Hall–Kier alpha value is -8.00. The molecule has 11 aromatic rings. The molecule has 0 saturated carbocycles. The van der Waals surface area contributed by atoms with Crippen LogP contribution in [0, 0.1) is 0 Å². The lowest BCUT2D eigenvalue weighted by Gasteiger charge is -2.34. The fraction of sp³-hybridized carbons (Fsp3) is 0.0164. The van der Waals surface area contributed by atoms with Crippen molar-refractivity contribution in [2.45, 2.75) is 5.41 Å². The smallest absolute Gasteiger partial charge is 0.0714 e. The van der Waals surface area contributed by atoms with E-state index in [9.17, 15) is 0 Å². The molecule has 62 heavy (non-hydrogen) atoms. The van der Waals surface area contributed by atoms with Crippen LogP contribution >= 0.6 is 0 Å². The van der Waals surface area contributed by atoms with E-state index < -0.39 is 5.41 Å². The molecule has 0 heterocycles. The van der Waals surface area contributed by atoms with Gasteiger partial charge in [0.2, 0.25) is 0 Å². The van der Waals surface area contributed by atoms with E-state index in [2.05, 4.69) is 254 Å². The molecule has 0 saturated heterocycles. The molecule has 1 aliphatic rings. The van der Waals surface area contributed by atoms with Gasteiger partial charge in [0.15, 0.2) is 0 Å². The lowest BCUT2D eigenvalue weighted by atomic mass is 9.68. The second kappa shape index (κ2) is 14.6. The van der Waals surface area contributed by atoms with Crippen molar-refractivity contribution >= 4 is 49.4 Å². The first kappa shape index (κ1) is 35.9. The molecule has 1 nitrogen and oxygen atoms in total. The van der Waals surface area contributed by atoms with Gasteiger partial charge in [0, 0.05) is 16.6 Å². The van der Waals surface area contributed by atoms with Crippen LogP contribution in [0.1, 0.15) is 22.3 Å². The SMILES string of the molecule is c1ccc(-c2c(-c3ccccc3)c3cc(N(c4cccc5c4-c4ccccc4C5(c4ccccc4)c4ccccc4)c4cccc5ccccc45)ccc3c3ccccc23)cc1.